The molecule has 0 aliphatic carbocycles. The molecule has 0 saturated heterocycles. The Kier molecular flexibility index (Phi) is 4.42. The molecule has 1 unspecified atom stereocenters. The van der Waals surface area contributed by atoms with Crippen LogP contribution in [-0.4, -0.2) is 45.6 Å². The van der Waals surface area contributed by atoms with Crippen molar-refractivity contribution in [1.82, 2.24) is 5.32 Å². The summed E-state index contributed by atoms with van der Waals surface area (Å²) in [5.74, 6) is -4.30. The number of hydrogen-bond acceptors (Lipinski definition) is 4. The van der Waals surface area contributed by atoms with E-state index in [0.717, 1.165) is 11.8 Å². The number of carbonyl (C=O) groups excluding carboxylic acids is 1. The van der Waals surface area contributed by atoms with Crippen LogP contribution in [0.2, 0.25) is 0 Å². The lowest BCUT2D eigenvalue weighted by Gasteiger charge is -2.13. The molecule has 7 heteroatoms. The highest BCUT2D eigenvalue weighted by Crippen LogP contribution is 2.10. The standard InChI is InChI=1S/C9H15NO5S/c1-5(8(12)13)3-16-4-7(9(14)15)10-6(2)11/h5,7H,3-4H2,1-2H3,(H,10,11)(H,12,13)(H,14,15)/t5?,7-/m1/s1/i2D3. The summed E-state index contributed by atoms with van der Waals surface area (Å²) >= 11 is 1.02. The lowest BCUT2D eigenvalue weighted by Crippen LogP contribution is -2.41. The number of nitrogens with one attached hydrogen (secondary N) is 1. The van der Waals surface area contributed by atoms with Gasteiger partial charge in [-0.2, -0.15) is 11.8 Å². The lowest BCUT2D eigenvalue weighted by molar-refractivity contribution is -0.141. The van der Waals surface area contributed by atoms with Gasteiger partial charge in [-0.15, -0.1) is 0 Å². The van der Waals surface area contributed by atoms with E-state index in [1.165, 1.54) is 6.92 Å². The summed E-state index contributed by atoms with van der Waals surface area (Å²) in [4.78, 5) is 32.5. The Balaban J connectivity index is 4.33. The summed E-state index contributed by atoms with van der Waals surface area (Å²) in [6, 6.07) is -1.36. The minimum absolute atomic E-state index is 0.102. The van der Waals surface area contributed by atoms with Crippen molar-refractivity contribution in [3.05, 3.63) is 0 Å². The molecule has 6 nitrogen and oxygen atoms in total. The summed E-state index contributed by atoms with van der Waals surface area (Å²) < 4.78 is 20.5. The molecule has 3 N–H and O–H groups in total. The minimum atomic E-state index is -2.91. The molecule has 0 aromatic rings. The third-order valence-electron chi connectivity index (χ3n) is 1.68. The Morgan fingerprint density at radius 1 is 1.31 bits per heavy atom. The van der Waals surface area contributed by atoms with E-state index in [2.05, 4.69) is 0 Å². The van der Waals surface area contributed by atoms with Crippen molar-refractivity contribution in [1.29, 1.82) is 0 Å². The normalized spacial score (nSPS) is 17.4. The van der Waals surface area contributed by atoms with Crippen molar-refractivity contribution in [3.8, 4) is 0 Å². The first-order valence-electron chi connectivity index (χ1n) is 5.90. The van der Waals surface area contributed by atoms with Crippen LogP contribution < -0.4 is 5.32 Å². The number of hydrogen-bond donors (Lipinski definition) is 3. The molecule has 0 bridgehead atoms. The Hall–Kier alpha value is -1.24. The van der Waals surface area contributed by atoms with Crippen molar-refractivity contribution in [2.24, 2.45) is 5.92 Å². The molecular formula is C9H15NO5S. The Morgan fingerprint density at radius 2 is 1.94 bits per heavy atom. The fourth-order valence-electron chi connectivity index (χ4n) is 0.767. The van der Waals surface area contributed by atoms with Gasteiger partial charge < -0.3 is 15.5 Å². The maximum atomic E-state index is 11.1. The van der Waals surface area contributed by atoms with Gasteiger partial charge in [0, 0.05) is 22.5 Å². The minimum Gasteiger partial charge on any atom is -0.481 e. The van der Waals surface area contributed by atoms with Crippen molar-refractivity contribution >= 4 is 29.6 Å². The summed E-state index contributed by atoms with van der Waals surface area (Å²) in [6.45, 7) is -1.45. The highest BCUT2D eigenvalue weighted by Gasteiger charge is 2.19. The first-order chi connectivity index (χ1) is 8.55. The van der Waals surface area contributed by atoms with Crippen molar-refractivity contribution in [2.75, 3.05) is 11.5 Å². The van der Waals surface area contributed by atoms with E-state index in [1.54, 1.807) is 0 Å². The number of carbonyl (C=O) groups is 3. The van der Waals surface area contributed by atoms with E-state index in [-0.39, 0.29) is 11.5 Å². The van der Waals surface area contributed by atoms with Crippen LogP contribution in [0.15, 0.2) is 0 Å². The van der Waals surface area contributed by atoms with Crippen LogP contribution in [0, 0.1) is 5.92 Å². The van der Waals surface area contributed by atoms with Crippen molar-refractivity contribution in [3.63, 3.8) is 0 Å². The van der Waals surface area contributed by atoms with Gasteiger partial charge in [-0.3, -0.25) is 9.59 Å². The van der Waals surface area contributed by atoms with Gasteiger partial charge in [-0.05, 0) is 0 Å². The van der Waals surface area contributed by atoms with Crippen LogP contribution >= 0.6 is 11.8 Å². The van der Waals surface area contributed by atoms with E-state index in [1.807, 2.05) is 5.32 Å². The Labute approximate surface area is 102 Å². The van der Waals surface area contributed by atoms with Gasteiger partial charge in [0.15, 0.2) is 0 Å². The smallest absolute Gasteiger partial charge is 0.327 e. The van der Waals surface area contributed by atoms with E-state index in [4.69, 9.17) is 14.3 Å². The topological polar surface area (TPSA) is 104 Å². The zero-order chi connectivity index (χ0) is 15.2. The van der Waals surface area contributed by atoms with E-state index in [9.17, 15) is 14.4 Å². The van der Waals surface area contributed by atoms with Crippen LogP contribution in [0.4, 0.5) is 0 Å². The third-order valence-corrected chi connectivity index (χ3v) is 2.98. The molecule has 1 amide bonds. The Bertz CT molecular complexity index is 360. The second-order valence-corrected chi connectivity index (χ2v) is 4.22. The first-order valence-corrected chi connectivity index (χ1v) is 5.55. The van der Waals surface area contributed by atoms with Crippen LogP contribution in [0.1, 0.15) is 17.9 Å². The van der Waals surface area contributed by atoms with Crippen LogP contribution in [0.3, 0.4) is 0 Å². The van der Waals surface area contributed by atoms with E-state index >= 15 is 0 Å². The number of aliphatic carboxylic acids is 2. The van der Waals surface area contributed by atoms with Crippen LogP contribution in [0.5, 0.6) is 0 Å². The Morgan fingerprint density at radius 3 is 2.38 bits per heavy atom. The van der Waals surface area contributed by atoms with Crippen LogP contribution in [0.25, 0.3) is 0 Å². The number of carboxylic acids is 2. The number of thioether (sulfide) groups is 1. The molecule has 0 fully saturated rings. The quantitative estimate of drug-likeness (QED) is 0.590. The van der Waals surface area contributed by atoms with Gasteiger partial charge in [0.25, 0.3) is 0 Å². The summed E-state index contributed by atoms with van der Waals surface area (Å²) in [5.41, 5.74) is 0. The molecular weight excluding hydrogens is 234 g/mol. The van der Waals surface area contributed by atoms with E-state index < -0.39 is 36.7 Å². The monoisotopic (exact) mass is 252 g/mol. The molecule has 0 saturated carbocycles. The van der Waals surface area contributed by atoms with Gasteiger partial charge in [0.1, 0.15) is 6.04 Å². The summed E-state index contributed by atoms with van der Waals surface area (Å²) in [5, 5.41) is 19.4. The average Bonchev–Trinajstić information content (AvgIpc) is 2.25. The summed E-state index contributed by atoms with van der Waals surface area (Å²) in [7, 11) is 0. The molecule has 0 radical (unpaired) electrons. The molecule has 2 atom stereocenters. The SMILES string of the molecule is [2H]C([2H])([2H])C(=O)N[C@H](CSCC(C)C(=O)O)C(=O)O. The van der Waals surface area contributed by atoms with Gasteiger partial charge in [-0.1, -0.05) is 6.92 Å². The predicted molar refractivity (Wildman–Crippen MR) is 59.4 cm³/mol. The van der Waals surface area contributed by atoms with Crippen LogP contribution in [-0.2, 0) is 14.4 Å². The highest BCUT2D eigenvalue weighted by atomic mass is 32.2. The molecule has 0 aromatic carbocycles. The maximum Gasteiger partial charge on any atom is 0.327 e. The second-order valence-electron chi connectivity index (χ2n) is 3.14. The second kappa shape index (κ2) is 7.10. The van der Waals surface area contributed by atoms with Crippen molar-refractivity contribution < 1.29 is 28.7 Å². The van der Waals surface area contributed by atoms with Crippen molar-refractivity contribution in [2.45, 2.75) is 19.8 Å². The molecule has 0 heterocycles. The molecule has 16 heavy (non-hydrogen) atoms. The molecule has 0 aliphatic heterocycles. The maximum absolute atomic E-state index is 11.1. The van der Waals surface area contributed by atoms with Gasteiger partial charge >= 0.3 is 11.9 Å². The highest BCUT2D eigenvalue weighted by molar-refractivity contribution is 7.99. The van der Waals surface area contributed by atoms with E-state index in [0.29, 0.717) is 0 Å². The largest absolute Gasteiger partial charge is 0.481 e. The molecule has 0 rings (SSSR count). The number of amides is 1. The van der Waals surface area contributed by atoms with Gasteiger partial charge in [0.05, 0.1) is 5.92 Å². The third kappa shape index (κ3) is 6.28. The molecule has 0 spiro atoms. The zero-order valence-corrected chi connectivity index (χ0v) is 9.41. The molecule has 92 valence electrons. The summed E-state index contributed by atoms with van der Waals surface area (Å²) in [6.07, 6.45) is 0. The predicted octanol–water partition coefficient (Wildman–Crippen LogP) is 0.0296. The first kappa shape index (κ1) is 9.95. The number of carboxylic acid groups (broad SMARTS) is 2. The average molecular weight is 252 g/mol. The van der Waals surface area contributed by atoms with Gasteiger partial charge in [-0.25, -0.2) is 4.79 Å². The fourth-order valence-corrected chi connectivity index (χ4v) is 1.86. The molecule has 0 aliphatic rings. The van der Waals surface area contributed by atoms with Gasteiger partial charge in [0.2, 0.25) is 5.91 Å². The fraction of sp³-hybridized carbons (Fsp3) is 0.667. The molecule has 0 aromatic heterocycles. The lowest BCUT2D eigenvalue weighted by atomic mass is 10.2. The zero-order valence-electron chi connectivity index (χ0n) is 11.6. The number of rotatable bonds is 7.